The number of rotatable bonds is 6. The van der Waals surface area contributed by atoms with Gasteiger partial charge in [0.2, 0.25) is 0 Å². The van der Waals surface area contributed by atoms with Crippen LogP contribution in [0.5, 0.6) is 5.75 Å². The molecule has 3 rings (SSSR count). The van der Waals surface area contributed by atoms with E-state index in [1.807, 2.05) is 0 Å². The fourth-order valence-corrected chi connectivity index (χ4v) is 2.88. The van der Waals surface area contributed by atoms with Gasteiger partial charge in [-0.3, -0.25) is 19.9 Å². The number of hydrogen-bond acceptors (Lipinski definition) is 6. The lowest BCUT2D eigenvalue weighted by Crippen LogP contribution is -2.10. The van der Waals surface area contributed by atoms with Gasteiger partial charge in [-0.05, 0) is 29.6 Å². The predicted molar refractivity (Wildman–Crippen MR) is 93.9 cm³/mol. The van der Waals surface area contributed by atoms with Crippen molar-refractivity contribution in [2.45, 2.75) is 6.61 Å². The molecule has 3 aromatic rings. The lowest BCUT2D eigenvalue weighted by atomic mass is 10.3. The van der Waals surface area contributed by atoms with Crippen LogP contribution in [0.4, 0.5) is 11.4 Å². The third-order valence-corrected chi connectivity index (χ3v) is 4.25. The van der Waals surface area contributed by atoms with E-state index < -0.39 is 4.92 Å². The number of carbonyl (C=O) groups is 1. The first kappa shape index (κ1) is 16.6. The average molecular weight is 355 g/mol. The first-order valence-corrected chi connectivity index (χ1v) is 8.16. The van der Waals surface area contributed by atoms with Crippen molar-refractivity contribution in [2.75, 3.05) is 5.32 Å². The van der Waals surface area contributed by atoms with Crippen LogP contribution in [0.15, 0.2) is 60.2 Å². The molecule has 7 nitrogen and oxygen atoms in total. The van der Waals surface area contributed by atoms with Crippen molar-refractivity contribution in [3.05, 3.63) is 80.8 Å². The maximum atomic E-state index is 12.2. The Morgan fingerprint density at radius 3 is 2.76 bits per heavy atom. The van der Waals surface area contributed by atoms with Crippen LogP contribution in [0.25, 0.3) is 0 Å². The zero-order chi connectivity index (χ0) is 17.6. The molecule has 0 saturated heterocycles. The van der Waals surface area contributed by atoms with Crippen molar-refractivity contribution >= 4 is 28.6 Å². The number of anilines is 1. The van der Waals surface area contributed by atoms with Crippen LogP contribution >= 0.6 is 11.3 Å². The molecule has 0 spiro atoms. The van der Waals surface area contributed by atoms with Crippen LogP contribution < -0.4 is 10.1 Å². The molecule has 1 aromatic carbocycles. The molecule has 2 heterocycles. The average Bonchev–Trinajstić information content (AvgIpc) is 3.10. The normalized spacial score (nSPS) is 10.2. The number of amides is 1. The van der Waals surface area contributed by atoms with Gasteiger partial charge < -0.3 is 10.1 Å². The molecule has 0 aliphatic rings. The number of thiophene rings is 1. The van der Waals surface area contributed by atoms with Gasteiger partial charge in [0.25, 0.3) is 5.91 Å². The molecule has 0 saturated carbocycles. The van der Waals surface area contributed by atoms with Crippen molar-refractivity contribution in [1.29, 1.82) is 0 Å². The summed E-state index contributed by atoms with van der Waals surface area (Å²) < 4.78 is 5.52. The molecule has 0 radical (unpaired) electrons. The van der Waals surface area contributed by atoms with Crippen molar-refractivity contribution in [3.63, 3.8) is 0 Å². The molecule has 2 aromatic heterocycles. The summed E-state index contributed by atoms with van der Waals surface area (Å²) in [5.41, 5.74) is 1.34. The van der Waals surface area contributed by atoms with Crippen LogP contribution in [0.3, 0.4) is 0 Å². The number of aromatic nitrogens is 1. The van der Waals surface area contributed by atoms with Crippen molar-refractivity contribution in [1.82, 2.24) is 4.98 Å². The summed E-state index contributed by atoms with van der Waals surface area (Å²) in [6.45, 7) is 0.143. The van der Waals surface area contributed by atoms with E-state index in [0.717, 1.165) is 5.56 Å². The minimum Gasteiger partial charge on any atom is -0.482 e. The summed E-state index contributed by atoms with van der Waals surface area (Å²) in [6, 6.07) is 11.3. The third-order valence-electron chi connectivity index (χ3n) is 3.27. The maximum absolute atomic E-state index is 12.2. The number of hydrogen-bond donors (Lipinski definition) is 1. The Bertz CT molecular complexity index is 896. The largest absolute Gasteiger partial charge is 0.482 e. The summed E-state index contributed by atoms with van der Waals surface area (Å²) >= 11 is 1.28. The van der Waals surface area contributed by atoms with E-state index in [4.69, 9.17) is 4.74 Å². The molecule has 1 N–H and O–H groups in total. The monoisotopic (exact) mass is 355 g/mol. The molecule has 0 bridgehead atoms. The Labute approximate surface area is 147 Å². The molecular formula is C17H13N3O4S. The molecule has 1 amide bonds. The third kappa shape index (κ3) is 4.18. The number of para-hydroxylation sites is 2. The highest BCUT2D eigenvalue weighted by atomic mass is 32.1. The molecule has 0 unspecified atom stereocenters. The molecule has 8 heteroatoms. The SMILES string of the molecule is O=C(Nc1ccncc1)c1cc(COc2ccccc2[N+](=O)[O-])cs1. The molecule has 0 atom stereocenters. The Morgan fingerprint density at radius 1 is 1.24 bits per heavy atom. The van der Waals surface area contributed by atoms with Gasteiger partial charge in [-0.1, -0.05) is 12.1 Å². The first-order valence-electron chi connectivity index (χ1n) is 7.28. The Morgan fingerprint density at radius 2 is 2.00 bits per heavy atom. The molecule has 0 aliphatic carbocycles. The van der Waals surface area contributed by atoms with Gasteiger partial charge >= 0.3 is 5.69 Å². The second kappa shape index (κ2) is 7.54. The number of benzene rings is 1. The zero-order valence-electron chi connectivity index (χ0n) is 12.9. The number of nitrogens with zero attached hydrogens (tertiary/aromatic N) is 2. The minimum absolute atomic E-state index is 0.0895. The van der Waals surface area contributed by atoms with Gasteiger partial charge in [-0.2, -0.15) is 0 Å². The van der Waals surface area contributed by atoms with Gasteiger partial charge in [0.1, 0.15) is 6.61 Å². The highest BCUT2D eigenvalue weighted by Gasteiger charge is 2.15. The van der Waals surface area contributed by atoms with Gasteiger partial charge in [0, 0.05) is 29.7 Å². The van der Waals surface area contributed by atoms with Crippen LogP contribution in [0, 0.1) is 10.1 Å². The summed E-state index contributed by atoms with van der Waals surface area (Å²) in [4.78, 5) is 27.1. The van der Waals surface area contributed by atoms with Crippen molar-refractivity contribution in [2.24, 2.45) is 0 Å². The van der Waals surface area contributed by atoms with Crippen LogP contribution in [0.1, 0.15) is 15.2 Å². The highest BCUT2D eigenvalue weighted by Crippen LogP contribution is 2.27. The van der Waals surface area contributed by atoms with E-state index >= 15 is 0 Å². The van der Waals surface area contributed by atoms with Crippen molar-refractivity contribution < 1.29 is 14.5 Å². The van der Waals surface area contributed by atoms with Crippen LogP contribution in [-0.4, -0.2) is 15.8 Å². The van der Waals surface area contributed by atoms with E-state index in [9.17, 15) is 14.9 Å². The Hall–Kier alpha value is -3.26. The summed E-state index contributed by atoms with van der Waals surface area (Å²) in [5.74, 6) is -0.0328. The fraction of sp³-hybridized carbons (Fsp3) is 0.0588. The van der Waals surface area contributed by atoms with Crippen LogP contribution in [-0.2, 0) is 6.61 Å². The molecular weight excluding hydrogens is 342 g/mol. The second-order valence-electron chi connectivity index (χ2n) is 5.02. The minimum atomic E-state index is -0.490. The highest BCUT2D eigenvalue weighted by molar-refractivity contribution is 7.12. The molecule has 0 fully saturated rings. The molecule has 0 aliphatic heterocycles. The standard InChI is InChI=1S/C17H13N3O4S/c21-17(19-13-5-7-18-8-6-13)16-9-12(11-25-16)10-24-15-4-2-1-3-14(15)20(22)23/h1-9,11H,10H2,(H,18,19,21). The number of ether oxygens (including phenoxy) is 1. The zero-order valence-corrected chi connectivity index (χ0v) is 13.7. The van der Waals surface area contributed by atoms with Gasteiger partial charge in [0.15, 0.2) is 5.75 Å². The lowest BCUT2D eigenvalue weighted by Gasteiger charge is -2.05. The van der Waals surface area contributed by atoms with Gasteiger partial charge in [-0.25, -0.2) is 0 Å². The molecule has 25 heavy (non-hydrogen) atoms. The Kier molecular flexibility index (Phi) is 5.00. The summed E-state index contributed by atoms with van der Waals surface area (Å²) in [7, 11) is 0. The van der Waals surface area contributed by atoms with Crippen molar-refractivity contribution in [3.8, 4) is 5.75 Å². The number of nitro groups is 1. The topological polar surface area (TPSA) is 94.4 Å². The van der Waals surface area contributed by atoms with Gasteiger partial charge in [-0.15, -0.1) is 11.3 Å². The van der Waals surface area contributed by atoms with E-state index in [0.29, 0.717) is 10.6 Å². The Balaban J connectivity index is 1.64. The van der Waals surface area contributed by atoms with Crippen LogP contribution in [0.2, 0.25) is 0 Å². The number of pyridine rings is 1. The summed E-state index contributed by atoms with van der Waals surface area (Å²) in [6.07, 6.45) is 3.19. The van der Waals surface area contributed by atoms with E-state index in [1.165, 1.54) is 17.4 Å². The number of carbonyl (C=O) groups excluding carboxylic acids is 1. The first-order chi connectivity index (χ1) is 12.1. The maximum Gasteiger partial charge on any atom is 0.310 e. The van der Waals surface area contributed by atoms with Gasteiger partial charge in [0.05, 0.1) is 9.80 Å². The number of nitro benzene ring substituents is 1. The smallest absolute Gasteiger partial charge is 0.310 e. The second-order valence-corrected chi connectivity index (χ2v) is 5.93. The summed E-state index contributed by atoms with van der Waals surface area (Å²) in [5, 5.41) is 15.5. The number of nitrogens with one attached hydrogen (secondary N) is 1. The van der Waals surface area contributed by atoms with E-state index in [1.54, 1.807) is 54.2 Å². The fourth-order valence-electron chi connectivity index (χ4n) is 2.09. The molecule has 126 valence electrons. The lowest BCUT2D eigenvalue weighted by molar-refractivity contribution is -0.385. The van der Waals surface area contributed by atoms with E-state index in [2.05, 4.69) is 10.3 Å². The quantitative estimate of drug-likeness (QED) is 0.535. The van der Waals surface area contributed by atoms with E-state index in [-0.39, 0.29) is 24.0 Å². The predicted octanol–water partition coefficient (Wildman–Crippen LogP) is 3.88.